The molecule has 0 saturated heterocycles. The molecule has 0 fully saturated rings. The molecule has 8 nitrogen and oxygen atoms in total. The van der Waals surface area contributed by atoms with Gasteiger partial charge in [-0.3, -0.25) is 9.59 Å². The van der Waals surface area contributed by atoms with Crippen molar-refractivity contribution >= 4 is 11.4 Å². The molecule has 164 valence electrons. The summed E-state index contributed by atoms with van der Waals surface area (Å²) < 4.78 is 34.4. The van der Waals surface area contributed by atoms with E-state index in [0.717, 1.165) is 28.1 Å². The summed E-state index contributed by atoms with van der Waals surface area (Å²) in [7, 11) is 0. The van der Waals surface area contributed by atoms with Crippen LogP contribution in [0.15, 0.2) is 59.7 Å². The number of rotatable bonds is 7. The van der Waals surface area contributed by atoms with Crippen LogP contribution in [0.5, 0.6) is 5.75 Å². The maximum absolute atomic E-state index is 13.7. The lowest BCUT2D eigenvalue weighted by Gasteiger charge is -2.07. The first-order valence-electron chi connectivity index (χ1n) is 9.84. The van der Waals surface area contributed by atoms with Gasteiger partial charge < -0.3 is 10.1 Å². The zero-order valence-electron chi connectivity index (χ0n) is 17.1. The Hall–Kier alpha value is -4.08. The van der Waals surface area contributed by atoms with Crippen molar-refractivity contribution in [2.75, 3.05) is 6.61 Å². The van der Waals surface area contributed by atoms with Gasteiger partial charge in [-0.05, 0) is 43.3 Å². The lowest BCUT2D eigenvalue weighted by atomic mass is 10.1. The van der Waals surface area contributed by atoms with E-state index < -0.39 is 23.1 Å². The summed E-state index contributed by atoms with van der Waals surface area (Å²) in [5.41, 5.74) is 1.25. The minimum absolute atomic E-state index is 0.131. The van der Waals surface area contributed by atoms with Crippen LogP contribution in [0.3, 0.4) is 0 Å². The van der Waals surface area contributed by atoms with E-state index in [2.05, 4.69) is 15.5 Å². The molecule has 32 heavy (non-hydrogen) atoms. The van der Waals surface area contributed by atoms with Gasteiger partial charge in [0.1, 0.15) is 35.8 Å². The molecule has 0 aliphatic heterocycles. The smallest absolute Gasteiger partial charge is 0.293 e. The summed E-state index contributed by atoms with van der Waals surface area (Å²) in [4.78, 5) is 25.0. The van der Waals surface area contributed by atoms with Crippen molar-refractivity contribution in [1.29, 1.82) is 0 Å². The number of nitrogens with zero attached hydrogens (tertiary/aromatic N) is 4. The van der Waals surface area contributed by atoms with E-state index >= 15 is 0 Å². The summed E-state index contributed by atoms with van der Waals surface area (Å²) in [5.74, 6) is -1.27. The van der Waals surface area contributed by atoms with Crippen LogP contribution in [0.1, 0.15) is 12.5 Å². The van der Waals surface area contributed by atoms with E-state index in [4.69, 9.17) is 4.74 Å². The number of hydrogen-bond acceptors (Lipinski definition) is 5. The maximum atomic E-state index is 13.7. The lowest BCUT2D eigenvalue weighted by Crippen LogP contribution is -2.34. The highest BCUT2D eigenvalue weighted by Gasteiger charge is 2.13. The Morgan fingerprint density at radius 2 is 1.91 bits per heavy atom. The molecule has 0 aliphatic rings. The molecule has 0 spiro atoms. The van der Waals surface area contributed by atoms with Crippen molar-refractivity contribution in [3.63, 3.8) is 0 Å². The van der Waals surface area contributed by atoms with E-state index in [1.165, 1.54) is 16.9 Å². The van der Waals surface area contributed by atoms with Gasteiger partial charge in [-0.2, -0.15) is 10.2 Å². The van der Waals surface area contributed by atoms with Crippen molar-refractivity contribution in [3.05, 3.63) is 82.4 Å². The van der Waals surface area contributed by atoms with E-state index in [1.807, 2.05) is 31.2 Å². The second kappa shape index (κ2) is 8.96. The van der Waals surface area contributed by atoms with Crippen LogP contribution in [0.25, 0.3) is 16.8 Å². The third-order valence-corrected chi connectivity index (χ3v) is 4.74. The van der Waals surface area contributed by atoms with Crippen LogP contribution in [0, 0.1) is 11.6 Å². The zero-order chi connectivity index (χ0) is 22.7. The molecule has 2 aromatic heterocycles. The molecule has 0 aliphatic carbocycles. The van der Waals surface area contributed by atoms with Crippen molar-refractivity contribution in [3.8, 4) is 17.0 Å². The summed E-state index contributed by atoms with van der Waals surface area (Å²) in [5, 5.41) is 10.8. The van der Waals surface area contributed by atoms with Crippen LogP contribution in [0.4, 0.5) is 8.78 Å². The second-order valence-electron chi connectivity index (χ2n) is 6.92. The van der Waals surface area contributed by atoms with Gasteiger partial charge in [0.25, 0.3) is 5.56 Å². The van der Waals surface area contributed by atoms with Crippen molar-refractivity contribution in [1.82, 2.24) is 24.7 Å². The molecular formula is C22H19F2N5O3. The quantitative estimate of drug-likeness (QED) is 0.478. The minimum atomic E-state index is -0.761. The van der Waals surface area contributed by atoms with Gasteiger partial charge in [0.2, 0.25) is 5.91 Å². The van der Waals surface area contributed by atoms with Gasteiger partial charge in [0, 0.05) is 23.7 Å². The predicted octanol–water partition coefficient (Wildman–Crippen LogP) is 2.55. The number of amides is 1. The number of benzene rings is 2. The average Bonchev–Trinajstić information content (AvgIpc) is 3.21. The number of fused-ring (bicyclic) bond motifs is 1. The zero-order valence-corrected chi connectivity index (χ0v) is 17.1. The summed E-state index contributed by atoms with van der Waals surface area (Å²) >= 11 is 0. The fraction of sp³-hybridized carbons (Fsp3) is 0.182. The fourth-order valence-electron chi connectivity index (χ4n) is 3.13. The highest BCUT2D eigenvalue weighted by Crippen LogP contribution is 2.21. The molecule has 1 amide bonds. The monoisotopic (exact) mass is 439 g/mol. The first kappa shape index (κ1) is 21.2. The molecule has 0 unspecified atom stereocenters. The Morgan fingerprint density at radius 1 is 1.12 bits per heavy atom. The van der Waals surface area contributed by atoms with Crippen LogP contribution < -0.4 is 15.6 Å². The molecule has 4 aromatic rings. The minimum Gasteiger partial charge on any atom is -0.494 e. The van der Waals surface area contributed by atoms with Gasteiger partial charge in [0.15, 0.2) is 0 Å². The highest BCUT2D eigenvalue weighted by molar-refractivity contribution is 5.75. The Morgan fingerprint density at radius 3 is 2.62 bits per heavy atom. The SMILES string of the molecule is CCOc1ccc(-c2cc3c(=O)n(CC(=O)NCc4ccc(F)cc4F)ncn3n2)cc1. The normalized spacial score (nSPS) is 11.0. The van der Waals surface area contributed by atoms with Crippen LogP contribution in [-0.4, -0.2) is 31.9 Å². The number of aromatic nitrogens is 4. The molecule has 2 heterocycles. The number of hydrogen-bond donors (Lipinski definition) is 1. The Kier molecular flexibility index (Phi) is 5.93. The Balaban J connectivity index is 1.49. The van der Waals surface area contributed by atoms with Crippen molar-refractivity contribution < 1.29 is 18.3 Å². The molecule has 0 radical (unpaired) electrons. The number of nitrogens with one attached hydrogen (secondary N) is 1. The molecule has 0 atom stereocenters. The first-order chi connectivity index (χ1) is 15.4. The Labute approximate surface area is 181 Å². The van der Waals surface area contributed by atoms with Gasteiger partial charge in [-0.25, -0.2) is 18.0 Å². The maximum Gasteiger partial charge on any atom is 0.293 e. The predicted molar refractivity (Wildman–Crippen MR) is 112 cm³/mol. The Bertz CT molecular complexity index is 1330. The number of carbonyl (C=O) groups is 1. The second-order valence-corrected chi connectivity index (χ2v) is 6.92. The fourth-order valence-corrected chi connectivity index (χ4v) is 3.13. The molecule has 10 heteroatoms. The molecule has 1 N–H and O–H groups in total. The van der Waals surface area contributed by atoms with Crippen molar-refractivity contribution in [2.45, 2.75) is 20.0 Å². The third-order valence-electron chi connectivity index (χ3n) is 4.74. The largest absolute Gasteiger partial charge is 0.494 e. The highest BCUT2D eigenvalue weighted by atomic mass is 19.1. The number of ether oxygens (including phenoxy) is 1. The van der Waals surface area contributed by atoms with Crippen molar-refractivity contribution in [2.24, 2.45) is 0 Å². The number of carbonyl (C=O) groups excluding carboxylic acids is 1. The van der Waals surface area contributed by atoms with Gasteiger partial charge in [-0.1, -0.05) is 6.07 Å². The molecule has 0 bridgehead atoms. The number of halogens is 2. The van der Waals surface area contributed by atoms with Gasteiger partial charge >= 0.3 is 0 Å². The van der Waals surface area contributed by atoms with E-state index in [9.17, 15) is 18.4 Å². The van der Waals surface area contributed by atoms with Gasteiger partial charge in [-0.15, -0.1) is 0 Å². The van der Waals surface area contributed by atoms with Gasteiger partial charge in [0.05, 0.1) is 12.3 Å². The van der Waals surface area contributed by atoms with Crippen LogP contribution in [0.2, 0.25) is 0 Å². The standard InChI is InChI=1S/C22H19F2N5O3/c1-2-32-17-7-4-14(5-8-17)19-10-20-22(31)28(26-13-29(20)27-19)12-21(30)25-11-15-3-6-16(23)9-18(15)24/h3-10,13H,2,11-12H2,1H3,(H,25,30). The molecular weight excluding hydrogens is 420 g/mol. The van der Waals surface area contributed by atoms with Crippen LogP contribution in [-0.2, 0) is 17.9 Å². The average molecular weight is 439 g/mol. The molecule has 0 saturated carbocycles. The molecule has 2 aromatic carbocycles. The molecule has 4 rings (SSSR count). The topological polar surface area (TPSA) is 90.5 Å². The first-order valence-corrected chi connectivity index (χ1v) is 9.84. The van der Waals surface area contributed by atoms with E-state index in [-0.39, 0.29) is 24.2 Å². The van der Waals surface area contributed by atoms with E-state index in [0.29, 0.717) is 12.3 Å². The summed E-state index contributed by atoms with van der Waals surface area (Å²) in [6, 6.07) is 12.0. The lowest BCUT2D eigenvalue weighted by molar-refractivity contribution is -0.122. The summed E-state index contributed by atoms with van der Waals surface area (Å²) in [6.45, 7) is 1.96. The van der Waals surface area contributed by atoms with Crippen LogP contribution >= 0.6 is 0 Å². The summed E-state index contributed by atoms with van der Waals surface area (Å²) in [6.07, 6.45) is 1.34. The van der Waals surface area contributed by atoms with E-state index in [1.54, 1.807) is 6.07 Å². The third kappa shape index (κ3) is 4.48.